The zero-order chi connectivity index (χ0) is 10.2. The molecule has 14 heavy (non-hydrogen) atoms. The van der Waals surface area contributed by atoms with Crippen LogP contribution in [0.4, 0.5) is 5.69 Å². The maximum Gasteiger partial charge on any atom is 0.119 e. The molecule has 0 amide bonds. The number of ether oxygens (including phenoxy) is 1. The summed E-state index contributed by atoms with van der Waals surface area (Å²) in [6.45, 7) is 4.38. The van der Waals surface area contributed by atoms with Crippen molar-refractivity contribution in [3.05, 3.63) is 36.9 Å². The van der Waals surface area contributed by atoms with Crippen molar-refractivity contribution in [1.82, 2.24) is 0 Å². The Balaban J connectivity index is 2.18. The lowest BCUT2D eigenvalue weighted by Gasteiger charge is -2.05. The van der Waals surface area contributed by atoms with E-state index in [1.54, 1.807) is 0 Å². The lowest BCUT2D eigenvalue weighted by atomic mass is 10.3. The predicted octanol–water partition coefficient (Wildman–Crippen LogP) is 2.57. The first-order valence-corrected chi connectivity index (χ1v) is 5.65. The standard InChI is InChI=1S/C11H15NOS/c1-2-8-14-9-7-13-11-5-3-10(12)4-6-11/h2-6H,1,7-9,12H2. The average molecular weight is 209 g/mol. The summed E-state index contributed by atoms with van der Waals surface area (Å²) in [5.41, 5.74) is 6.31. The third-order valence-electron chi connectivity index (χ3n) is 1.61. The van der Waals surface area contributed by atoms with Crippen LogP contribution >= 0.6 is 11.8 Å². The first kappa shape index (κ1) is 11.0. The van der Waals surface area contributed by atoms with Crippen molar-refractivity contribution in [1.29, 1.82) is 0 Å². The molecule has 0 aliphatic heterocycles. The normalized spacial score (nSPS) is 9.71. The van der Waals surface area contributed by atoms with Crippen LogP contribution < -0.4 is 10.5 Å². The Morgan fingerprint density at radius 2 is 2.07 bits per heavy atom. The van der Waals surface area contributed by atoms with Gasteiger partial charge in [-0.15, -0.1) is 6.58 Å². The van der Waals surface area contributed by atoms with Gasteiger partial charge in [0.2, 0.25) is 0 Å². The van der Waals surface area contributed by atoms with Gasteiger partial charge in [0, 0.05) is 17.2 Å². The van der Waals surface area contributed by atoms with Crippen LogP contribution in [-0.4, -0.2) is 18.1 Å². The Bertz CT molecular complexity index is 271. The third-order valence-corrected chi connectivity index (χ3v) is 2.54. The highest BCUT2D eigenvalue weighted by Crippen LogP contribution is 2.13. The van der Waals surface area contributed by atoms with Crippen LogP contribution in [0.1, 0.15) is 0 Å². The number of thioether (sulfide) groups is 1. The van der Waals surface area contributed by atoms with Gasteiger partial charge in [0.05, 0.1) is 6.61 Å². The molecule has 3 heteroatoms. The van der Waals surface area contributed by atoms with E-state index in [9.17, 15) is 0 Å². The van der Waals surface area contributed by atoms with Gasteiger partial charge in [-0.1, -0.05) is 6.08 Å². The fourth-order valence-electron chi connectivity index (χ4n) is 0.949. The molecule has 0 fully saturated rings. The number of hydrogen-bond donors (Lipinski definition) is 1. The van der Waals surface area contributed by atoms with Gasteiger partial charge in [-0.2, -0.15) is 11.8 Å². The second-order valence-electron chi connectivity index (χ2n) is 2.78. The van der Waals surface area contributed by atoms with E-state index < -0.39 is 0 Å². The lowest BCUT2D eigenvalue weighted by Crippen LogP contribution is -2.00. The van der Waals surface area contributed by atoms with E-state index in [1.807, 2.05) is 42.1 Å². The zero-order valence-corrected chi connectivity index (χ0v) is 8.93. The molecule has 0 radical (unpaired) electrons. The fraction of sp³-hybridized carbons (Fsp3) is 0.273. The molecule has 0 saturated carbocycles. The van der Waals surface area contributed by atoms with Crippen LogP contribution in [0.2, 0.25) is 0 Å². The van der Waals surface area contributed by atoms with Crippen molar-refractivity contribution in [3.8, 4) is 5.75 Å². The second kappa shape index (κ2) is 6.38. The molecular formula is C11H15NOS. The van der Waals surface area contributed by atoms with E-state index in [0.717, 1.165) is 29.5 Å². The van der Waals surface area contributed by atoms with Gasteiger partial charge in [-0.3, -0.25) is 0 Å². The molecule has 1 aromatic carbocycles. The molecule has 76 valence electrons. The summed E-state index contributed by atoms with van der Waals surface area (Å²) in [6, 6.07) is 7.44. The van der Waals surface area contributed by atoms with E-state index in [2.05, 4.69) is 6.58 Å². The van der Waals surface area contributed by atoms with Crippen molar-refractivity contribution >= 4 is 17.4 Å². The van der Waals surface area contributed by atoms with Crippen LogP contribution in [0.5, 0.6) is 5.75 Å². The number of hydrogen-bond acceptors (Lipinski definition) is 3. The minimum atomic E-state index is 0.725. The van der Waals surface area contributed by atoms with Crippen LogP contribution in [0, 0.1) is 0 Å². The van der Waals surface area contributed by atoms with Crippen molar-refractivity contribution in [2.24, 2.45) is 0 Å². The molecule has 0 spiro atoms. The molecule has 0 aliphatic rings. The molecule has 0 unspecified atom stereocenters. The first-order chi connectivity index (χ1) is 6.83. The van der Waals surface area contributed by atoms with Gasteiger partial charge in [0.1, 0.15) is 5.75 Å². The van der Waals surface area contributed by atoms with E-state index in [1.165, 1.54) is 0 Å². The highest BCUT2D eigenvalue weighted by molar-refractivity contribution is 7.99. The Hall–Kier alpha value is -1.09. The van der Waals surface area contributed by atoms with Gasteiger partial charge in [0.15, 0.2) is 0 Å². The number of anilines is 1. The van der Waals surface area contributed by atoms with Crippen LogP contribution in [0.25, 0.3) is 0 Å². The van der Waals surface area contributed by atoms with E-state index in [0.29, 0.717) is 0 Å². The lowest BCUT2D eigenvalue weighted by molar-refractivity contribution is 0.344. The maximum atomic E-state index is 5.55. The Kier molecular flexibility index (Phi) is 5.00. The smallest absolute Gasteiger partial charge is 0.119 e. The zero-order valence-electron chi connectivity index (χ0n) is 8.11. The molecule has 0 aliphatic carbocycles. The van der Waals surface area contributed by atoms with Crippen molar-refractivity contribution in [2.75, 3.05) is 23.8 Å². The van der Waals surface area contributed by atoms with E-state index >= 15 is 0 Å². The average Bonchev–Trinajstić information content (AvgIpc) is 2.21. The van der Waals surface area contributed by atoms with E-state index in [4.69, 9.17) is 10.5 Å². The monoisotopic (exact) mass is 209 g/mol. The summed E-state index contributed by atoms with van der Waals surface area (Å²) in [6.07, 6.45) is 1.90. The first-order valence-electron chi connectivity index (χ1n) is 4.50. The quantitative estimate of drug-likeness (QED) is 0.444. The summed E-state index contributed by atoms with van der Waals surface area (Å²) in [4.78, 5) is 0. The molecule has 1 rings (SSSR count). The van der Waals surface area contributed by atoms with Crippen molar-refractivity contribution in [3.63, 3.8) is 0 Å². The Morgan fingerprint density at radius 1 is 1.36 bits per heavy atom. The van der Waals surface area contributed by atoms with Crippen LogP contribution in [0.15, 0.2) is 36.9 Å². The molecule has 1 aromatic rings. The highest BCUT2D eigenvalue weighted by atomic mass is 32.2. The second-order valence-corrected chi connectivity index (χ2v) is 3.93. The van der Waals surface area contributed by atoms with Gasteiger partial charge >= 0.3 is 0 Å². The molecule has 2 nitrogen and oxygen atoms in total. The minimum Gasteiger partial charge on any atom is -0.493 e. The topological polar surface area (TPSA) is 35.2 Å². The third kappa shape index (κ3) is 4.23. The fourth-order valence-corrected chi connectivity index (χ4v) is 1.48. The van der Waals surface area contributed by atoms with Gasteiger partial charge in [-0.25, -0.2) is 0 Å². The largest absolute Gasteiger partial charge is 0.493 e. The Morgan fingerprint density at radius 3 is 2.71 bits per heavy atom. The summed E-state index contributed by atoms with van der Waals surface area (Å²) < 4.78 is 5.50. The van der Waals surface area contributed by atoms with Gasteiger partial charge in [0.25, 0.3) is 0 Å². The number of nitrogens with two attached hydrogens (primary N) is 1. The molecule has 0 saturated heterocycles. The maximum absolute atomic E-state index is 5.55. The van der Waals surface area contributed by atoms with Crippen LogP contribution in [-0.2, 0) is 0 Å². The number of benzene rings is 1. The van der Waals surface area contributed by atoms with Crippen LogP contribution in [0.3, 0.4) is 0 Å². The number of rotatable bonds is 6. The van der Waals surface area contributed by atoms with Gasteiger partial charge in [-0.05, 0) is 24.3 Å². The molecular weight excluding hydrogens is 194 g/mol. The predicted molar refractivity (Wildman–Crippen MR) is 63.9 cm³/mol. The Labute approximate surface area is 89.1 Å². The minimum absolute atomic E-state index is 0.725. The molecule has 0 bridgehead atoms. The van der Waals surface area contributed by atoms with Crippen molar-refractivity contribution in [2.45, 2.75) is 0 Å². The SMILES string of the molecule is C=CCSCCOc1ccc(N)cc1. The highest BCUT2D eigenvalue weighted by Gasteiger charge is 1.92. The van der Waals surface area contributed by atoms with Gasteiger partial charge < -0.3 is 10.5 Å². The molecule has 2 N–H and O–H groups in total. The summed E-state index contributed by atoms with van der Waals surface area (Å²) in [5, 5.41) is 0. The number of nitrogen functional groups attached to an aromatic ring is 1. The van der Waals surface area contributed by atoms with Crippen molar-refractivity contribution < 1.29 is 4.74 Å². The van der Waals surface area contributed by atoms with E-state index in [-0.39, 0.29) is 0 Å². The molecule has 0 atom stereocenters. The molecule has 0 aromatic heterocycles. The summed E-state index contributed by atoms with van der Waals surface area (Å²) in [7, 11) is 0. The summed E-state index contributed by atoms with van der Waals surface area (Å²) in [5.74, 6) is 2.83. The summed E-state index contributed by atoms with van der Waals surface area (Å²) >= 11 is 1.81. The molecule has 0 heterocycles.